The first kappa shape index (κ1) is 12.7. The topological polar surface area (TPSA) is 71.4 Å². The maximum atomic E-state index is 11.3. The monoisotopic (exact) mass is 254 g/mol. The maximum absolute atomic E-state index is 11.3. The number of carbonyl (C=O) groups excluding carboxylic acids is 2. The largest absolute Gasteiger partial charge is 0.478 e. The standard InChI is InChI=1S/C15H10O4/c16-8-10-4-1-2-6-12(10)13-7-3-5-11(9-17)14(13)15(18)19/h1-9H,(H,18,19). The number of aromatic carboxylic acids is 1. The van der Waals surface area contributed by atoms with Crippen molar-refractivity contribution in [3.8, 4) is 11.1 Å². The molecule has 0 aliphatic carbocycles. The number of rotatable bonds is 4. The molecule has 2 aromatic carbocycles. The summed E-state index contributed by atoms with van der Waals surface area (Å²) in [6.45, 7) is 0. The van der Waals surface area contributed by atoms with Crippen molar-refractivity contribution < 1.29 is 19.5 Å². The summed E-state index contributed by atoms with van der Waals surface area (Å²) in [6, 6.07) is 11.3. The van der Waals surface area contributed by atoms with Crippen molar-refractivity contribution in [3.05, 3.63) is 59.2 Å². The number of carbonyl (C=O) groups is 3. The van der Waals surface area contributed by atoms with Crippen LogP contribution in [0.1, 0.15) is 31.1 Å². The smallest absolute Gasteiger partial charge is 0.337 e. The van der Waals surface area contributed by atoms with E-state index < -0.39 is 5.97 Å². The fourth-order valence-electron chi connectivity index (χ4n) is 1.98. The molecule has 0 amide bonds. The van der Waals surface area contributed by atoms with E-state index in [-0.39, 0.29) is 11.1 Å². The van der Waals surface area contributed by atoms with Gasteiger partial charge in [-0.3, -0.25) is 9.59 Å². The molecule has 0 aliphatic rings. The Hall–Kier alpha value is -2.75. The van der Waals surface area contributed by atoms with Crippen molar-refractivity contribution in [2.24, 2.45) is 0 Å². The van der Waals surface area contributed by atoms with Gasteiger partial charge in [0.1, 0.15) is 0 Å². The summed E-state index contributed by atoms with van der Waals surface area (Å²) in [5, 5.41) is 9.26. The van der Waals surface area contributed by atoms with Gasteiger partial charge in [0.15, 0.2) is 12.6 Å². The van der Waals surface area contributed by atoms with Crippen LogP contribution in [0.2, 0.25) is 0 Å². The SMILES string of the molecule is O=Cc1ccccc1-c1cccc(C=O)c1C(=O)O. The van der Waals surface area contributed by atoms with Gasteiger partial charge in [-0.25, -0.2) is 4.79 Å². The number of hydrogen-bond donors (Lipinski definition) is 1. The molecule has 0 unspecified atom stereocenters. The highest BCUT2D eigenvalue weighted by atomic mass is 16.4. The first-order valence-electron chi connectivity index (χ1n) is 5.55. The molecule has 0 aromatic heterocycles. The first-order chi connectivity index (χ1) is 9.19. The van der Waals surface area contributed by atoms with Crippen LogP contribution in [0.4, 0.5) is 0 Å². The maximum Gasteiger partial charge on any atom is 0.337 e. The molecule has 4 nitrogen and oxygen atoms in total. The molecular formula is C15H10O4. The summed E-state index contributed by atoms with van der Waals surface area (Å²) in [6.07, 6.45) is 1.16. The summed E-state index contributed by atoms with van der Waals surface area (Å²) in [7, 11) is 0. The molecule has 4 heteroatoms. The first-order valence-corrected chi connectivity index (χ1v) is 5.55. The van der Waals surface area contributed by atoms with Crippen LogP contribution in [0, 0.1) is 0 Å². The molecule has 2 aromatic rings. The normalized spacial score (nSPS) is 9.89. The average molecular weight is 254 g/mol. The van der Waals surface area contributed by atoms with E-state index in [0.717, 1.165) is 0 Å². The molecule has 0 bridgehead atoms. The highest BCUT2D eigenvalue weighted by Gasteiger charge is 2.17. The fraction of sp³-hybridized carbons (Fsp3) is 0. The van der Waals surface area contributed by atoms with Crippen molar-refractivity contribution in [2.75, 3.05) is 0 Å². The number of benzene rings is 2. The second-order valence-electron chi connectivity index (χ2n) is 3.90. The number of carboxylic acids is 1. The van der Waals surface area contributed by atoms with Crippen molar-refractivity contribution in [1.29, 1.82) is 0 Å². The third kappa shape index (κ3) is 2.28. The molecule has 94 valence electrons. The van der Waals surface area contributed by atoms with Gasteiger partial charge >= 0.3 is 5.97 Å². The molecule has 0 fully saturated rings. The lowest BCUT2D eigenvalue weighted by molar-refractivity contribution is 0.0694. The Labute approximate surface area is 109 Å². The predicted octanol–water partition coefficient (Wildman–Crippen LogP) is 2.68. The molecule has 0 spiro atoms. The van der Waals surface area contributed by atoms with Crippen LogP contribution in [0.15, 0.2) is 42.5 Å². The summed E-state index contributed by atoms with van der Waals surface area (Å²) in [5.41, 5.74) is 1.24. The van der Waals surface area contributed by atoms with Gasteiger partial charge in [0, 0.05) is 11.1 Å². The number of hydrogen-bond acceptors (Lipinski definition) is 3. The predicted molar refractivity (Wildman–Crippen MR) is 69.6 cm³/mol. The van der Waals surface area contributed by atoms with Crippen LogP contribution in [0.3, 0.4) is 0 Å². The van der Waals surface area contributed by atoms with Crippen molar-refractivity contribution in [3.63, 3.8) is 0 Å². The summed E-state index contributed by atoms with van der Waals surface area (Å²) < 4.78 is 0. The zero-order chi connectivity index (χ0) is 13.8. The van der Waals surface area contributed by atoms with Gasteiger partial charge < -0.3 is 5.11 Å². The van der Waals surface area contributed by atoms with Crippen molar-refractivity contribution in [1.82, 2.24) is 0 Å². The fourth-order valence-corrected chi connectivity index (χ4v) is 1.98. The van der Waals surface area contributed by atoms with Crippen LogP contribution in [0.5, 0.6) is 0 Å². The lowest BCUT2D eigenvalue weighted by atomic mass is 9.93. The highest BCUT2D eigenvalue weighted by Crippen LogP contribution is 2.28. The quantitative estimate of drug-likeness (QED) is 0.851. The Morgan fingerprint density at radius 1 is 0.842 bits per heavy atom. The van der Waals surface area contributed by atoms with Crippen molar-refractivity contribution >= 4 is 18.5 Å². The van der Waals surface area contributed by atoms with E-state index >= 15 is 0 Å². The highest BCUT2D eigenvalue weighted by molar-refractivity contribution is 6.05. The molecule has 2 rings (SSSR count). The Morgan fingerprint density at radius 3 is 2.05 bits per heavy atom. The lowest BCUT2D eigenvalue weighted by Gasteiger charge is -2.10. The van der Waals surface area contributed by atoms with Gasteiger partial charge in [-0.15, -0.1) is 0 Å². The van der Waals surface area contributed by atoms with Gasteiger partial charge in [0.2, 0.25) is 0 Å². The Morgan fingerprint density at radius 2 is 1.42 bits per heavy atom. The Bertz CT molecular complexity index is 659. The van der Waals surface area contributed by atoms with Crippen LogP contribution in [-0.4, -0.2) is 23.6 Å². The van der Waals surface area contributed by atoms with Gasteiger partial charge in [-0.2, -0.15) is 0 Å². The second-order valence-corrected chi connectivity index (χ2v) is 3.90. The van der Waals surface area contributed by atoms with E-state index in [1.165, 1.54) is 6.07 Å². The van der Waals surface area contributed by atoms with Gasteiger partial charge in [0.05, 0.1) is 5.56 Å². The van der Waals surface area contributed by atoms with E-state index in [0.29, 0.717) is 29.3 Å². The van der Waals surface area contributed by atoms with Gasteiger partial charge in [0.25, 0.3) is 0 Å². The zero-order valence-electron chi connectivity index (χ0n) is 9.87. The molecule has 0 saturated heterocycles. The lowest BCUT2D eigenvalue weighted by Crippen LogP contribution is -2.05. The number of aldehydes is 2. The van der Waals surface area contributed by atoms with Crippen LogP contribution in [0.25, 0.3) is 11.1 Å². The molecule has 19 heavy (non-hydrogen) atoms. The summed E-state index contributed by atoms with van der Waals surface area (Å²) >= 11 is 0. The van der Waals surface area contributed by atoms with E-state index in [1.807, 2.05) is 0 Å². The molecule has 0 aliphatic heterocycles. The van der Waals surface area contributed by atoms with E-state index in [9.17, 15) is 19.5 Å². The molecule has 0 heterocycles. The molecule has 1 N–H and O–H groups in total. The molecular weight excluding hydrogens is 244 g/mol. The third-order valence-corrected chi connectivity index (χ3v) is 2.82. The van der Waals surface area contributed by atoms with Crippen LogP contribution >= 0.6 is 0 Å². The van der Waals surface area contributed by atoms with E-state index in [1.54, 1.807) is 36.4 Å². The van der Waals surface area contributed by atoms with Gasteiger partial charge in [-0.1, -0.05) is 42.5 Å². The molecule has 0 saturated carbocycles. The minimum Gasteiger partial charge on any atom is -0.478 e. The third-order valence-electron chi connectivity index (χ3n) is 2.82. The Kier molecular flexibility index (Phi) is 3.52. The second kappa shape index (κ2) is 5.27. The van der Waals surface area contributed by atoms with Crippen molar-refractivity contribution in [2.45, 2.75) is 0 Å². The van der Waals surface area contributed by atoms with Gasteiger partial charge in [-0.05, 0) is 11.1 Å². The van der Waals surface area contributed by atoms with Crippen LogP contribution < -0.4 is 0 Å². The molecule has 0 atom stereocenters. The molecule has 0 radical (unpaired) electrons. The Balaban J connectivity index is 2.79. The number of carboxylic acid groups (broad SMARTS) is 1. The summed E-state index contributed by atoms with van der Waals surface area (Å²) in [5.74, 6) is -1.20. The average Bonchev–Trinajstić information content (AvgIpc) is 2.46. The van der Waals surface area contributed by atoms with E-state index in [2.05, 4.69) is 0 Å². The zero-order valence-corrected chi connectivity index (χ0v) is 9.87. The van der Waals surface area contributed by atoms with Crippen LogP contribution in [-0.2, 0) is 0 Å². The van der Waals surface area contributed by atoms with E-state index in [4.69, 9.17) is 0 Å². The summed E-state index contributed by atoms with van der Waals surface area (Å²) in [4.78, 5) is 33.3. The minimum absolute atomic E-state index is 0.0886. The minimum atomic E-state index is -1.20.